The number of fused-ring (bicyclic) bond motifs is 2. The summed E-state index contributed by atoms with van der Waals surface area (Å²) in [4.78, 5) is 46.9. The van der Waals surface area contributed by atoms with E-state index in [0.29, 0.717) is 42.6 Å². The van der Waals surface area contributed by atoms with Gasteiger partial charge < -0.3 is 19.4 Å². The van der Waals surface area contributed by atoms with Crippen molar-refractivity contribution in [2.75, 3.05) is 30.5 Å². The van der Waals surface area contributed by atoms with Crippen molar-refractivity contribution in [3.8, 4) is 11.5 Å². The minimum absolute atomic E-state index is 0.0175. The molecule has 4 heterocycles. The first-order valence-corrected chi connectivity index (χ1v) is 11.3. The summed E-state index contributed by atoms with van der Waals surface area (Å²) < 4.78 is 12.4. The molecule has 2 aliphatic rings. The lowest BCUT2D eigenvalue weighted by atomic mass is 10.0. The fourth-order valence-corrected chi connectivity index (χ4v) is 4.50. The quantitative estimate of drug-likeness (QED) is 0.535. The highest BCUT2D eigenvalue weighted by Gasteiger charge is 2.32. The van der Waals surface area contributed by atoms with Crippen molar-refractivity contribution in [1.82, 2.24) is 14.5 Å². The third kappa shape index (κ3) is 4.30. The van der Waals surface area contributed by atoms with Crippen LogP contribution in [0, 0.1) is 5.92 Å². The highest BCUT2D eigenvalue weighted by Crippen LogP contribution is 2.32. The van der Waals surface area contributed by atoms with Crippen LogP contribution >= 0.6 is 0 Å². The van der Waals surface area contributed by atoms with Gasteiger partial charge in [-0.25, -0.2) is 9.97 Å². The molecule has 1 fully saturated rings. The molecule has 0 unspecified atom stereocenters. The van der Waals surface area contributed by atoms with E-state index in [2.05, 4.69) is 15.3 Å². The normalized spacial score (nSPS) is 17.4. The molecule has 1 atom stereocenters. The number of amides is 2. The number of ether oxygens (including phenoxy) is 2. The summed E-state index contributed by atoms with van der Waals surface area (Å²) in [6.45, 7) is 1.12. The Hall–Kier alpha value is -3.95. The number of carbonyl (C=O) groups excluding carboxylic acids is 2. The van der Waals surface area contributed by atoms with E-state index in [0.717, 1.165) is 30.3 Å². The Kier molecular flexibility index (Phi) is 5.87. The summed E-state index contributed by atoms with van der Waals surface area (Å²) in [6.07, 6.45) is 4.36. The monoisotopic (exact) mass is 463 g/mol. The van der Waals surface area contributed by atoms with Gasteiger partial charge in [0.15, 0.2) is 18.2 Å². The van der Waals surface area contributed by atoms with E-state index in [1.807, 2.05) is 18.2 Å². The van der Waals surface area contributed by atoms with Crippen LogP contribution in [0.5, 0.6) is 11.5 Å². The van der Waals surface area contributed by atoms with Crippen molar-refractivity contribution in [3.63, 3.8) is 0 Å². The number of benzene rings is 1. The molecule has 2 aliphatic heterocycles. The SMILES string of the molecule is COc1ccc2ncc(=O)n(CCCC[C@H]3CC(=O)N(c4ccc5c(n4)NC(=O)CO5)C3)c2c1. The molecule has 0 saturated carbocycles. The van der Waals surface area contributed by atoms with Crippen LogP contribution < -0.4 is 25.2 Å². The van der Waals surface area contributed by atoms with Crippen LogP contribution in [0.2, 0.25) is 0 Å². The summed E-state index contributed by atoms with van der Waals surface area (Å²) in [6, 6.07) is 8.96. The predicted octanol–water partition coefficient (Wildman–Crippen LogP) is 2.35. The van der Waals surface area contributed by atoms with Gasteiger partial charge in [-0.1, -0.05) is 6.42 Å². The molecule has 2 aromatic heterocycles. The summed E-state index contributed by atoms with van der Waals surface area (Å²) in [5, 5.41) is 2.68. The Morgan fingerprint density at radius 2 is 2.06 bits per heavy atom. The molecule has 10 heteroatoms. The molecule has 1 aromatic carbocycles. The van der Waals surface area contributed by atoms with E-state index >= 15 is 0 Å². The van der Waals surface area contributed by atoms with Crippen molar-refractivity contribution in [2.24, 2.45) is 5.92 Å². The van der Waals surface area contributed by atoms with E-state index in [9.17, 15) is 14.4 Å². The molecule has 5 rings (SSSR count). The van der Waals surface area contributed by atoms with Gasteiger partial charge in [-0.15, -0.1) is 0 Å². The van der Waals surface area contributed by atoms with E-state index in [1.165, 1.54) is 6.20 Å². The Bertz CT molecular complexity index is 1320. The summed E-state index contributed by atoms with van der Waals surface area (Å²) in [7, 11) is 1.59. The first kappa shape index (κ1) is 21.9. The summed E-state index contributed by atoms with van der Waals surface area (Å²) >= 11 is 0. The topological polar surface area (TPSA) is 116 Å². The second kappa shape index (κ2) is 9.12. The Morgan fingerprint density at radius 3 is 2.91 bits per heavy atom. The van der Waals surface area contributed by atoms with Gasteiger partial charge in [0.1, 0.15) is 11.6 Å². The number of pyridine rings is 1. The summed E-state index contributed by atoms with van der Waals surface area (Å²) in [5.41, 5.74) is 1.36. The molecular weight excluding hydrogens is 438 g/mol. The van der Waals surface area contributed by atoms with Gasteiger partial charge in [-0.2, -0.15) is 0 Å². The zero-order valence-electron chi connectivity index (χ0n) is 18.8. The van der Waals surface area contributed by atoms with Gasteiger partial charge >= 0.3 is 0 Å². The van der Waals surface area contributed by atoms with Crippen LogP contribution in [0.1, 0.15) is 25.7 Å². The lowest BCUT2D eigenvalue weighted by Crippen LogP contribution is -2.29. The van der Waals surface area contributed by atoms with Crippen LogP contribution in [0.25, 0.3) is 11.0 Å². The minimum Gasteiger partial charge on any atom is -0.497 e. The van der Waals surface area contributed by atoms with Crippen molar-refractivity contribution in [1.29, 1.82) is 0 Å². The molecule has 1 N–H and O–H groups in total. The maximum Gasteiger partial charge on any atom is 0.269 e. The Labute approximate surface area is 195 Å². The van der Waals surface area contributed by atoms with E-state index in [-0.39, 0.29) is 29.9 Å². The number of carbonyl (C=O) groups is 2. The zero-order chi connectivity index (χ0) is 23.7. The smallest absolute Gasteiger partial charge is 0.269 e. The average molecular weight is 463 g/mol. The molecule has 1 saturated heterocycles. The van der Waals surface area contributed by atoms with Gasteiger partial charge in [0.25, 0.3) is 11.5 Å². The molecule has 0 bridgehead atoms. The highest BCUT2D eigenvalue weighted by atomic mass is 16.5. The molecule has 10 nitrogen and oxygen atoms in total. The predicted molar refractivity (Wildman–Crippen MR) is 125 cm³/mol. The first-order valence-electron chi connectivity index (χ1n) is 11.3. The van der Waals surface area contributed by atoms with Crippen LogP contribution in [0.4, 0.5) is 11.6 Å². The number of nitrogens with one attached hydrogen (secondary N) is 1. The lowest BCUT2D eigenvalue weighted by Gasteiger charge is -2.21. The van der Waals surface area contributed by atoms with Crippen LogP contribution in [-0.2, 0) is 16.1 Å². The van der Waals surface area contributed by atoms with Crippen LogP contribution in [-0.4, -0.2) is 46.6 Å². The average Bonchev–Trinajstić information content (AvgIpc) is 3.22. The third-order valence-electron chi connectivity index (χ3n) is 6.24. The van der Waals surface area contributed by atoms with Gasteiger partial charge in [-0.3, -0.25) is 19.3 Å². The lowest BCUT2D eigenvalue weighted by molar-refractivity contribution is -0.119. The maximum atomic E-state index is 12.6. The van der Waals surface area contributed by atoms with E-state index < -0.39 is 0 Å². The maximum absolute atomic E-state index is 12.6. The fraction of sp³-hybridized carbons (Fsp3) is 0.375. The van der Waals surface area contributed by atoms with E-state index in [4.69, 9.17) is 9.47 Å². The molecule has 176 valence electrons. The first-order chi connectivity index (χ1) is 16.5. The molecule has 2 amide bonds. The van der Waals surface area contributed by atoms with Gasteiger partial charge in [0.05, 0.1) is 24.3 Å². The van der Waals surface area contributed by atoms with Crippen molar-refractivity contribution >= 4 is 34.5 Å². The van der Waals surface area contributed by atoms with E-state index in [1.54, 1.807) is 28.7 Å². The van der Waals surface area contributed by atoms with Crippen molar-refractivity contribution in [2.45, 2.75) is 32.2 Å². The third-order valence-corrected chi connectivity index (χ3v) is 6.24. The minimum atomic E-state index is -0.262. The highest BCUT2D eigenvalue weighted by molar-refractivity contribution is 5.97. The van der Waals surface area contributed by atoms with Crippen LogP contribution in [0.3, 0.4) is 0 Å². The number of rotatable bonds is 7. The zero-order valence-corrected chi connectivity index (χ0v) is 18.8. The summed E-state index contributed by atoms with van der Waals surface area (Å²) in [5.74, 6) is 2.01. The van der Waals surface area contributed by atoms with Gasteiger partial charge in [0, 0.05) is 25.6 Å². The van der Waals surface area contributed by atoms with Gasteiger partial charge in [-0.05, 0) is 43.0 Å². The standard InChI is InChI=1S/C24H25N5O5/c1-33-16-5-6-17-18(11-16)28(23(32)12-25-17)9-3-2-4-15-10-22(31)29(13-15)20-8-7-19-24(26-20)27-21(30)14-34-19/h5-8,11-12,15H,2-4,9-10,13-14H2,1H3,(H,26,27,30)/t15-/m0/s1. The number of anilines is 2. The number of aryl methyl sites for hydroxylation is 1. The van der Waals surface area contributed by atoms with Gasteiger partial charge in [0.2, 0.25) is 5.91 Å². The molecule has 0 spiro atoms. The number of nitrogens with zero attached hydrogens (tertiary/aromatic N) is 4. The number of hydrogen-bond donors (Lipinski definition) is 1. The van der Waals surface area contributed by atoms with Crippen LogP contribution in [0.15, 0.2) is 41.3 Å². The number of hydrogen-bond acceptors (Lipinski definition) is 7. The van der Waals surface area contributed by atoms with Crippen molar-refractivity contribution < 1.29 is 19.1 Å². The molecule has 3 aromatic rings. The Balaban J connectivity index is 1.20. The number of aromatic nitrogens is 3. The Morgan fingerprint density at radius 1 is 1.18 bits per heavy atom. The molecule has 0 aliphatic carbocycles. The molecule has 34 heavy (non-hydrogen) atoms. The number of methoxy groups -OCH3 is 1. The fourth-order valence-electron chi connectivity index (χ4n) is 4.50. The largest absolute Gasteiger partial charge is 0.497 e. The second-order valence-electron chi connectivity index (χ2n) is 8.53. The molecular formula is C24H25N5O5. The van der Waals surface area contributed by atoms with Crippen molar-refractivity contribution in [3.05, 3.63) is 46.9 Å². The number of unbranched alkanes of at least 4 members (excludes halogenated alkanes) is 1. The molecule has 0 radical (unpaired) electrons. The second-order valence-corrected chi connectivity index (χ2v) is 8.53.